The molecule has 66 valence electrons. The second-order valence-electron chi connectivity index (χ2n) is 2.05. The number of hydrogen-bond acceptors (Lipinski definition) is 3. The van der Waals surface area contributed by atoms with Crippen LogP contribution in [0.2, 0.25) is 10.2 Å². The Morgan fingerprint density at radius 1 is 1.58 bits per heavy atom. The minimum Gasteiger partial charge on any atom is -0.377 e. The van der Waals surface area contributed by atoms with Gasteiger partial charge in [0.1, 0.15) is 17.5 Å². The highest BCUT2D eigenvalue weighted by molar-refractivity contribution is 6.40. The summed E-state index contributed by atoms with van der Waals surface area (Å²) in [4.78, 5) is 17.2. The van der Waals surface area contributed by atoms with E-state index in [1.165, 1.54) is 7.11 Å². The lowest BCUT2D eigenvalue weighted by Gasteiger charge is -1.99. The predicted octanol–water partition coefficient (Wildman–Crippen LogP) is 1.22. The van der Waals surface area contributed by atoms with Crippen molar-refractivity contribution >= 4 is 23.2 Å². The topological polar surface area (TPSA) is 55.0 Å². The zero-order valence-corrected chi connectivity index (χ0v) is 7.74. The van der Waals surface area contributed by atoms with E-state index >= 15 is 0 Å². The van der Waals surface area contributed by atoms with Crippen LogP contribution >= 0.6 is 23.2 Å². The highest BCUT2D eigenvalue weighted by Crippen LogP contribution is 2.13. The van der Waals surface area contributed by atoms with E-state index < -0.39 is 5.56 Å². The lowest BCUT2D eigenvalue weighted by molar-refractivity contribution is 0.177. The van der Waals surface area contributed by atoms with Gasteiger partial charge in [0.2, 0.25) is 0 Å². The Bertz CT molecular complexity index is 337. The van der Waals surface area contributed by atoms with Crippen molar-refractivity contribution in [2.45, 2.75) is 6.61 Å². The lowest BCUT2D eigenvalue weighted by Crippen LogP contribution is -2.12. The molecule has 0 aliphatic rings. The Balaban J connectivity index is 3.13. The monoisotopic (exact) mass is 208 g/mol. The summed E-state index contributed by atoms with van der Waals surface area (Å²) < 4.78 is 4.74. The van der Waals surface area contributed by atoms with E-state index in [4.69, 9.17) is 27.9 Å². The first-order valence-corrected chi connectivity index (χ1v) is 3.84. The number of nitrogens with zero attached hydrogens (tertiary/aromatic N) is 1. The van der Waals surface area contributed by atoms with Gasteiger partial charge in [-0.25, -0.2) is 4.98 Å². The van der Waals surface area contributed by atoms with E-state index in [2.05, 4.69) is 9.97 Å². The molecular formula is C6H6Cl2N2O2. The van der Waals surface area contributed by atoms with E-state index in [-0.39, 0.29) is 16.8 Å². The van der Waals surface area contributed by atoms with Gasteiger partial charge < -0.3 is 9.72 Å². The van der Waals surface area contributed by atoms with Crippen LogP contribution in [0.3, 0.4) is 0 Å². The average molecular weight is 209 g/mol. The number of nitrogens with one attached hydrogen (secondary N) is 1. The largest absolute Gasteiger partial charge is 0.377 e. The molecule has 0 saturated heterocycles. The third-order valence-corrected chi connectivity index (χ3v) is 1.87. The molecule has 4 nitrogen and oxygen atoms in total. The zero-order valence-electron chi connectivity index (χ0n) is 6.23. The van der Waals surface area contributed by atoms with E-state index in [1.807, 2.05) is 0 Å². The SMILES string of the molecule is COCc1nc(Cl)c(Cl)c(=O)[nH]1. The number of aromatic nitrogens is 2. The highest BCUT2D eigenvalue weighted by atomic mass is 35.5. The van der Waals surface area contributed by atoms with Crippen LogP contribution in [0.5, 0.6) is 0 Å². The Hall–Kier alpha value is -0.580. The summed E-state index contributed by atoms with van der Waals surface area (Å²) in [6.45, 7) is 0.201. The van der Waals surface area contributed by atoms with Crippen molar-refractivity contribution in [2.24, 2.45) is 0 Å². The van der Waals surface area contributed by atoms with Gasteiger partial charge in [-0.2, -0.15) is 0 Å². The molecule has 0 aromatic carbocycles. The molecule has 0 amide bonds. The van der Waals surface area contributed by atoms with Crippen LogP contribution in [0.15, 0.2) is 4.79 Å². The van der Waals surface area contributed by atoms with Gasteiger partial charge in [0, 0.05) is 7.11 Å². The molecule has 0 unspecified atom stereocenters. The number of ether oxygens (including phenoxy) is 1. The van der Waals surface area contributed by atoms with E-state index in [1.54, 1.807) is 0 Å². The number of H-pyrrole nitrogens is 1. The maximum atomic E-state index is 11.0. The van der Waals surface area contributed by atoms with Crippen LogP contribution in [-0.2, 0) is 11.3 Å². The molecular weight excluding hydrogens is 203 g/mol. The van der Waals surface area contributed by atoms with Crippen molar-refractivity contribution in [2.75, 3.05) is 7.11 Å². The summed E-state index contributed by atoms with van der Waals surface area (Å²) in [6, 6.07) is 0. The second kappa shape index (κ2) is 3.89. The van der Waals surface area contributed by atoms with Gasteiger partial charge in [-0.15, -0.1) is 0 Å². The predicted molar refractivity (Wildman–Crippen MR) is 45.6 cm³/mol. The van der Waals surface area contributed by atoms with E-state index in [0.29, 0.717) is 5.82 Å². The molecule has 0 radical (unpaired) electrons. The summed E-state index contributed by atoms with van der Waals surface area (Å²) in [5.74, 6) is 0.358. The normalized spacial score (nSPS) is 10.2. The van der Waals surface area contributed by atoms with Gasteiger partial charge >= 0.3 is 0 Å². The number of hydrogen-bond donors (Lipinski definition) is 1. The standard InChI is InChI=1S/C6H6Cl2N2O2/c1-12-2-3-9-5(8)4(7)6(11)10-3/h2H2,1H3,(H,9,10,11). The highest BCUT2D eigenvalue weighted by Gasteiger charge is 2.05. The van der Waals surface area contributed by atoms with Crippen LogP contribution < -0.4 is 5.56 Å². The second-order valence-corrected chi connectivity index (χ2v) is 2.79. The lowest BCUT2D eigenvalue weighted by atomic mass is 10.5. The zero-order chi connectivity index (χ0) is 9.14. The Labute approximate surface area is 78.5 Å². The Morgan fingerprint density at radius 2 is 2.25 bits per heavy atom. The van der Waals surface area contributed by atoms with Crippen LogP contribution in [0.1, 0.15) is 5.82 Å². The molecule has 1 heterocycles. The Kier molecular flexibility index (Phi) is 3.08. The fourth-order valence-electron chi connectivity index (χ4n) is 0.680. The maximum Gasteiger partial charge on any atom is 0.271 e. The van der Waals surface area contributed by atoms with Crippen LogP contribution in [0.4, 0.5) is 0 Å². The summed E-state index contributed by atoms with van der Waals surface area (Å²) in [5, 5.41) is -0.107. The van der Waals surface area contributed by atoms with Gasteiger partial charge in [0.05, 0.1) is 0 Å². The average Bonchev–Trinajstić information content (AvgIpc) is 2.01. The maximum absolute atomic E-state index is 11.0. The van der Waals surface area contributed by atoms with E-state index in [0.717, 1.165) is 0 Å². The molecule has 0 aliphatic carbocycles. The van der Waals surface area contributed by atoms with Crippen molar-refractivity contribution < 1.29 is 4.74 Å². The van der Waals surface area contributed by atoms with E-state index in [9.17, 15) is 4.79 Å². The van der Waals surface area contributed by atoms with Crippen molar-refractivity contribution in [3.05, 3.63) is 26.4 Å². The number of rotatable bonds is 2. The number of halogens is 2. The summed E-state index contributed by atoms with van der Waals surface area (Å²) in [6.07, 6.45) is 0. The molecule has 0 bridgehead atoms. The van der Waals surface area contributed by atoms with Gasteiger partial charge in [-0.1, -0.05) is 23.2 Å². The molecule has 1 N–H and O–H groups in total. The van der Waals surface area contributed by atoms with Crippen molar-refractivity contribution in [3.63, 3.8) is 0 Å². The van der Waals surface area contributed by atoms with Gasteiger partial charge in [0.15, 0.2) is 5.15 Å². The first-order valence-electron chi connectivity index (χ1n) is 3.08. The van der Waals surface area contributed by atoms with Gasteiger partial charge in [-0.05, 0) is 0 Å². The molecule has 1 aromatic rings. The molecule has 0 aliphatic heterocycles. The van der Waals surface area contributed by atoms with Gasteiger partial charge in [0.25, 0.3) is 5.56 Å². The molecule has 0 fully saturated rings. The van der Waals surface area contributed by atoms with Crippen LogP contribution in [0.25, 0.3) is 0 Å². The summed E-state index contributed by atoms with van der Waals surface area (Å²) in [5.41, 5.74) is -0.455. The third-order valence-electron chi connectivity index (χ3n) is 1.15. The molecule has 1 aromatic heterocycles. The van der Waals surface area contributed by atoms with Crippen LogP contribution in [0, 0.1) is 0 Å². The van der Waals surface area contributed by atoms with Crippen LogP contribution in [-0.4, -0.2) is 17.1 Å². The molecule has 0 atom stereocenters. The molecule has 6 heteroatoms. The van der Waals surface area contributed by atoms with Gasteiger partial charge in [-0.3, -0.25) is 4.79 Å². The first-order chi connectivity index (χ1) is 5.65. The molecule has 12 heavy (non-hydrogen) atoms. The molecule has 0 saturated carbocycles. The van der Waals surface area contributed by atoms with Crippen molar-refractivity contribution in [1.82, 2.24) is 9.97 Å². The first kappa shape index (κ1) is 9.51. The molecule has 0 spiro atoms. The summed E-state index contributed by atoms with van der Waals surface area (Å²) in [7, 11) is 1.49. The Morgan fingerprint density at radius 3 is 2.75 bits per heavy atom. The summed E-state index contributed by atoms with van der Waals surface area (Å²) >= 11 is 11.0. The number of aromatic amines is 1. The number of methoxy groups -OCH3 is 1. The quantitative estimate of drug-likeness (QED) is 0.745. The molecule has 1 rings (SSSR count). The van der Waals surface area contributed by atoms with Crippen molar-refractivity contribution in [1.29, 1.82) is 0 Å². The van der Waals surface area contributed by atoms with Crippen molar-refractivity contribution in [3.8, 4) is 0 Å². The minimum absolute atomic E-state index is 0.00698. The smallest absolute Gasteiger partial charge is 0.271 e. The third kappa shape index (κ3) is 1.97. The minimum atomic E-state index is -0.455. The fourth-order valence-corrected chi connectivity index (χ4v) is 0.958. The fraction of sp³-hybridized carbons (Fsp3) is 0.333.